The Morgan fingerprint density at radius 3 is 2.71 bits per heavy atom. The third-order valence-electron chi connectivity index (χ3n) is 6.78. The number of aromatic amines is 1. The second-order valence-electron chi connectivity index (χ2n) is 8.73. The molecule has 2 atom stereocenters. The van der Waals surface area contributed by atoms with Crippen LogP contribution < -0.4 is 4.74 Å². The second kappa shape index (κ2) is 8.33. The molecule has 1 saturated heterocycles. The molecule has 0 radical (unpaired) electrons. The lowest BCUT2D eigenvalue weighted by molar-refractivity contribution is -0.159. The molecule has 1 N–H and O–H groups in total. The number of para-hydroxylation sites is 2. The van der Waals surface area contributed by atoms with Crippen LogP contribution in [0, 0.1) is 0 Å². The number of fused-ring (bicyclic) bond motifs is 4. The van der Waals surface area contributed by atoms with Gasteiger partial charge in [0.05, 0.1) is 13.2 Å². The number of hydrogen-bond acceptors (Lipinski definition) is 4. The predicted octanol–water partition coefficient (Wildman–Crippen LogP) is 4.51. The zero-order chi connectivity index (χ0) is 23.2. The molecular weight excluding hydrogens is 446 g/mol. The van der Waals surface area contributed by atoms with Crippen molar-refractivity contribution in [2.45, 2.75) is 32.0 Å². The average molecular weight is 472 g/mol. The number of hydrogen-bond donors (Lipinski definition) is 1. The quantitative estimate of drug-likeness (QED) is 0.466. The zero-order valence-corrected chi connectivity index (χ0v) is 19.7. The van der Waals surface area contributed by atoms with E-state index in [4.69, 9.17) is 4.74 Å². The van der Waals surface area contributed by atoms with Crippen molar-refractivity contribution in [2.75, 3.05) is 13.2 Å². The van der Waals surface area contributed by atoms with Gasteiger partial charge in [0.2, 0.25) is 11.8 Å². The van der Waals surface area contributed by atoms with E-state index >= 15 is 0 Å². The summed E-state index contributed by atoms with van der Waals surface area (Å²) in [6.07, 6.45) is 0.498. The highest BCUT2D eigenvalue weighted by atomic mass is 32.1. The highest BCUT2D eigenvalue weighted by molar-refractivity contribution is 7.09. The molecule has 6 nitrogen and oxygen atoms in total. The molecule has 0 bridgehead atoms. The van der Waals surface area contributed by atoms with Crippen molar-refractivity contribution in [2.24, 2.45) is 0 Å². The van der Waals surface area contributed by atoms with Gasteiger partial charge in [0, 0.05) is 33.5 Å². The highest BCUT2D eigenvalue weighted by Gasteiger charge is 2.48. The van der Waals surface area contributed by atoms with Gasteiger partial charge in [-0.05, 0) is 36.1 Å². The first kappa shape index (κ1) is 21.0. The summed E-state index contributed by atoms with van der Waals surface area (Å²) in [6, 6.07) is 19.0. The lowest BCUT2D eigenvalue weighted by atomic mass is 9.86. The van der Waals surface area contributed by atoms with Crippen molar-refractivity contribution >= 4 is 34.1 Å². The van der Waals surface area contributed by atoms with Crippen LogP contribution in [0.1, 0.15) is 34.7 Å². The summed E-state index contributed by atoms with van der Waals surface area (Å²) in [4.78, 5) is 35.6. The molecule has 1 fully saturated rings. The fourth-order valence-electron chi connectivity index (χ4n) is 5.37. The van der Waals surface area contributed by atoms with Crippen LogP contribution in [-0.4, -0.2) is 45.8 Å². The molecule has 2 amide bonds. The fourth-order valence-corrected chi connectivity index (χ4v) is 6.09. The van der Waals surface area contributed by atoms with Gasteiger partial charge in [-0.15, -0.1) is 11.3 Å². The van der Waals surface area contributed by atoms with E-state index in [-0.39, 0.29) is 18.4 Å². The number of aromatic nitrogens is 1. The first-order valence-corrected chi connectivity index (χ1v) is 12.5. The van der Waals surface area contributed by atoms with Crippen LogP contribution >= 0.6 is 11.3 Å². The third-order valence-corrected chi connectivity index (χ3v) is 7.64. The smallest absolute Gasteiger partial charge is 0.246 e. The number of carbonyl (C=O) groups excluding carboxylic acids is 2. The maximum absolute atomic E-state index is 13.8. The van der Waals surface area contributed by atoms with Gasteiger partial charge in [-0.1, -0.05) is 42.5 Å². The number of thiophene rings is 1. The predicted molar refractivity (Wildman–Crippen MR) is 132 cm³/mol. The van der Waals surface area contributed by atoms with Gasteiger partial charge in [-0.25, -0.2) is 0 Å². The molecule has 4 heterocycles. The molecule has 0 aliphatic carbocycles. The number of piperazine rings is 1. The molecular formula is C27H25N3O3S. The largest absolute Gasteiger partial charge is 0.494 e. The molecule has 2 aromatic carbocycles. The maximum atomic E-state index is 13.8. The Morgan fingerprint density at radius 1 is 1.06 bits per heavy atom. The summed E-state index contributed by atoms with van der Waals surface area (Å²) in [5.41, 5.74) is 3.99. The summed E-state index contributed by atoms with van der Waals surface area (Å²) in [5.74, 6) is 0.700. The van der Waals surface area contributed by atoms with Crippen LogP contribution in [0.25, 0.3) is 10.9 Å². The molecule has 0 spiro atoms. The van der Waals surface area contributed by atoms with E-state index in [1.165, 1.54) is 0 Å². The number of H-pyrrole nitrogens is 1. The summed E-state index contributed by atoms with van der Waals surface area (Å²) >= 11 is 1.61. The summed E-state index contributed by atoms with van der Waals surface area (Å²) in [6.45, 7) is 3.02. The van der Waals surface area contributed by atoms with Crippen molar-refractivity contribution in [1.82, 2.24) is 14.8 Å². The minimum absolute atomic E-state index is 0.00261. The molecule has 0 saturated carbocycles. The van der Waals surface area contributed by atoms with Crippen molar-refractivity contribution in [3.63, 3.8) is 0 Å². The Kier molecular flexibility index (Phi) is 5.14. The molecule has 6 rings (SSSR count). The van der Waals surface area contributed by atoms with Gasteiger partial charge in [0.15, 0.2) is 0 Å². The summed E-state index contributed by atoms with van der Waals surface area (Å²) in [5, 5.41) is 3.10. The number of ether oxygens (including phenoxy) is 1. The van der Waals surface area contributed by atoms with Crippen LogP contribution in [0.5, 0.6) is 5.75 Å². The van der Waals surface area contributed by atoms with Gasteiger partial charge in [-0.3, -0.25) is 9.59 Å². The van der Waals surface area contributed by atoms with E-state index in [0.29, 0.717) is 19.6 Å². The molecule has 7 heteroatoms. The minimum atomic E-state index is -0.549. The zero-order valence-electron chi connectivity index (χ0n) is 18.9. The van der Waals surface area contributed by atoms with E-state index in [1.54, 1.807) is 21.1 Å². The topological polar surface area (TPSA) is 65.6 Å². The Hall–Kier alpha value is -3.58. The first-order valence-electron chi connectivity index (χ1n) is 11.6. The Morgan fingerprint density at radius 2 is 1.88 bits per heavy atom. The van der Waals surface area contributed by atoms with Gasteiger partial charge < -0.3 is 19.5 Å². The normalized spacial score (nSPS) is 19.9. The molecule has 2 aromatic heterocycles. The van der Waals surface area contributed by atoms with E-state index in [1.807, 2.05) is 66.9 Å². The van der Waals surface area contributed by atoms with Gasteiger partial charge in [0.1, 0.15) is 24.4 Å². The molecule has 2 aliphatic rings. The molecule has 0 unspecified atom stereocenters. The van der Waals surface area contributed by atoms with Crippen molar-refractivity contribution in [3.8, 4) is 5.75 Å². The number of amides is 2. The van der Waals surface area contributed by atoms with E-state index < -0.39 is 12.1 Å². The molecule has 4 aromatic rings. The standard InChI is InChI=1S/C27H25N3O3S/c1-2-33-23-12-6-4-10-19(23)26-25-20(18-9-3-5-11-21(18)28-25)14-22-27(32)29(16-24(31)30(22)26)15-17-8-7-13-34-17/h3-13,22,26,28H,2,14-16H2,1H3/t22-,26+/m0/s1. The Balaban J connectivity index is 1.50. The van der Waals surface area contributed by atoms with Gasteiger partial charge in [0.25, 0.3) is 0 Å². The van der Waals surface area contributed by atoms with E-state index in [9.17, 15) is 9.59 Å². The first-order chi connectivity index (χ1) is 16.7. The number of nitrogens with zero attached hydrogens (tertiary/aromatic N) is 2. The lowest BCUT2D eigenvalue weighted by Gasteiger charge is -2.47. The number of rotatable bonds is 5. The minimum Gasteiger partial charge on any atom is -0.494 e. The number of nitrogens with one attached hydrogen (secondary N) is 1. The second-order valence-corrected chi connectivity index (χ2v) is 9.76. The number of carbonyl (C=O) groups is 2. The molecule has 34 heavy (non-hydrogen) atoms. The van der Waals surface area contributed by atoms with Crippen molar-refractivity contribution in [1.29, 1.82) is 0 Å². The monoisotopic (exact) mass is 471 g/mol. The van der Waals surface area contributed by atoms with Crippen LogP contribution in [0.15, 0.2) is 66.0 Å². The Labute approximate surface area is 201 Å². The third kappa shape index (κ3) is 3.30. The van der Waals surface area contributed by atoms with Crippen LogP contribution in [-0.2, 0) is 22.6 Å². The molecule has 2 aliphatic heterocycles. The maximum Gasteiger partial charge on any atom is 0.246 e. The molecule has 172 valence electrons. The summed E-state index contributed by atoms with van der Waals surface area (Å²) < 4.78 is 5.97. The average Bonchev–Trinajstić information content (AvgIpc) is 3.49. The van der Waals surface area contributed by atoms with Crippen LogP contribution in [0.2, 0.25) is 0 Å². The van der Waals surface area contributed by atoms with Gasteiger partial charge in [-0.2, -0.15) is 0 Å². The van der Waals surface area contributed by atoms with Gasteiger partial charge >= 0.3 is 0 Å². The fraction of sp³-hybridized carbons (Fsp3) is 0.259. The van der Waals surface area contributed by atoms with E-state index in [0.717, 1.165) is 38.4 Å². The van der Waals surface area contributed by atoms with Crippen LogP contribution in [0.3, 0.4) is 0 Å². The summed E-state index contributed by atoms with van der Waals surface area (Å²) in [7, 11) is 0. The SMILES string of the molecule is CCOc1ccccc1[C@@H]1c2[nH]c3ccccc3c2C[C@H]2C(=O)N(Cc3cccs3)CC(=O)N12. The lowest BCUT2D eigenvalue weighted by Crippen LogP contribution is -2.62. The number of benzene rings is 2. The highest BCUT2D eigenvalue weighted by Crippen LogP contribution is 2.45. The van der Waals surface area contributed by atoms with Crippen molar-refractivity contribution in [3.05, 3.63) is 87.7 Å². The van der Waals surface area contributed by atoms with E-state index in [2.05, 4.69) is 11.1 Å². The van der Waals surface area contributed by atoms with Crippen LogP contribution in [0.4, 0.5) is 0 Å². The Bertz CT molecular complexity index is 1380. The van der Waals surface area contributed by atoms with Crippen molar-refractivity contribution < 1.29 is 14.3 Å².